The first kappa shape index (κ1) is 24.6. The summed E-state index contributed by atoms with van der Waals surface area (Å²) in [6, 6.07) is 7.41. The minimum Gasteiger partial charge on any atom is -0.371 e. The van der Waals surface area contributed by atoms with Gasteiger partial charge in [-0.3, -0.25) is 4.57 Å². The molecule has 8 nitrogen and oxygen atoms in total. The maximum atomic E-state index is 11.1. The summed E-state index contributed by atoms with van der Waals surface area (Å²) < 4.78 is 11.1. The second kappa shape index (κ2) is 12.9. The van der Waals surface area contributed by atoms with Gasteiger partial charge in [0, 0.05) is 25.2 Å². The van der Waals surface area contributed by atoms with Crippen LogP contribution in [0.5, 0.6) is 0 Å². The second-order valence-electron chi connectivity index (χ2n) is 7.18. The van der Waals surface area contributed by atoms with E-state index < -0.39 is 7.60 Å². The third-order valence-corrected chi connectivity index (χ3v) is 6.36. The molecule has 0 amide bonds. The van der Waals surface area contributed by atoms with Crippen LogP contribution in [0, 0.1) is 0 Å². The molecule has 0 aliphatic heterocycles. The number of hydrogen-bond donors (Lipinski definition) is 2. The van der Waals surface area contributed by atoms with E-state index in [2.05, 4.69) is 27.3 Å². The zero-order valence-corrected chi connectivity index (χ0v) is 19.5. The topological polar surface area (TPSA) is 111 Å². The normalized spacial score (nSPS) is 12.0. The van der Waals surface area contributed by atoms with Crippen LogP contribution in [0.25, 0.3) is 0 Å². The summed E-state index contributed by atoms with van der Waals surface area (Å²) in [5.74, 6) is 0. The SMILES string of the molecule is CCCCCCCCc1nnc(/N=N/c2ccc(N(CC)CCP(=O)(O)O)cc2)s1. The molecule has 2 N–H and O–H groups in total. The number of anilines is 1. The predicted molar refractivity (Wildman–Crippen MR) is 122 cm³/mol. The Balaban J connectivity index is 1.83. The average Bonchev–Trinajstić information content (AvgIpc) is 3.17. The molecule has 0 bridgehead atoms. The van der Waals surface area contributed by atoms with Gasteiger partial charge in [-0.2, -0.15) is 0 Å². The molecule has 0 spiro atoms. The molecule has 1 heterocycles. The molecule has 0 saturated heterocycles. The molecule has 0 aliphatic carbocycles. The number of benzene rings is 1. The third-order valence-electron chi connectivity index (χ3n) is 4.71. The monoisotopic (exact) mass is 453 g/mol. The van der Waals surface area contributed by atoms with Crippen molar-refractivity contribution in [3.63, 3.8) is 0 Å². The second-order valence-corrected chi connectivity index (χ2v) is 10.00. The minimum atomic E-state index is -4.01. The van der Waals surface area contributed by atoms with E-state index in [1.54, 1.807) is 0 Å². The number of nitrogens with zero attached hydrogens (tertiary/aromatic N) is 5. The molecule has 10 heteroatoms. The number of hydrogen-bond acceptors (Lipinski definition) is 7. The van der Waals surface area contributed by atoms with Crippen molar-refractivity contribution in [1.82, 2.24) is 10.2 Å². The van der Waals surface area contributed by atoms with Gasteiger partial charge >= 0.3 is 7.60 Å². The lowest BCUT2D eigenvalue weighted by molar-refractivity contribution is 0.373. The predicted octanol–water partition coefficient (Wildman–Crippen LogP) is 5.86. The molecule has 166 valence electrons. The fourth-order valence-electron chi connectivity index (χ4n) is 2.99. The van der Waals surface area contributed by atoms with Crippen molar-refractivity contribution in [3.05, 3.63) is 29.3 Å². The van der Waals surface area contributed by atoms with E-state index in [4.69, 9.17) is 9.79 Å². The molecule has 0 unspecified atom stereocenters. The maximum Gasteiger partial charge on any atom is 0.327 e. The molecule has 2 rings (SSSR count). The highest BCUT2D eigenvalue weighted by molar-refractivity contribution is 7.51. The Bertz CT molecular complexity index is 822. The molecule has 0 saturated carbocycles. The van der Waals surface area contributed by atoms with Gasteiger partial charge in [-0.25, -0.2) is 0 Å². The minimum absolute atomic E-state index is 0.166. The van der Waals surface area contributed by atoms with Crippen molar-refractivity contribution < 1.29 is 14.4 Å². The number of aryl methyl sites for hydroxylation is 1. The van der Waals surface area contributed by atoms with Crippen LogP contribution in [0.3, 0.4) is 0 Å². The van der Waals surface area contributed by atoms with Gasteiger partial charge in [0.15, 0.2) is 0 Å². The highest BCUT2D eigenvalue weighted by atomic mass is 32.1. The van der Waals surface area contributed by atoms with Gasteiger partial charge in [0.25, 0.3) is 5.13 Å². The zero-order chi connectivity index (χ0) is 21.8. The van der Waals surface area contributed by atoms with Gasteiger partial charge in [0.2, 0.25) is 0 Å². The van der Waals surface area contributed by atoms with Crippen molar-refractivity contribution >= 4 is 35.4 Å². The highest BCUT2D eigenvalue weighted by Gasteiger charge is 2.15. The summed E-state index contributed by atoms with van der Waals surface area (Å²) in [5.41, 5.74) is 1.58. The van der Waals surface area contributed by atoms with E-state index in [1.165, 1.54) is 43.4 Å². The molecular weight excluding hydrogens is 421 g/mol. The number of aromatic nitrogens is 2. The Hall–Kier alpha value is -1.67. The van der Waals surface area contributed by atoms with Crippen molar-refractivity contribution in [2.75, 3.05) is 24.2 Å². The van der Waals surface area contributed by atoms with Crippen LogP contribution in [0.1, 0.15) is 57.4 Å². The Morgan fingerprint density at radius 1 is 1.00 bits per heavy atom. The molecule has 0 aliphatic rings. The van der Waals surface area contributed by atoms with E-state index in [1.807, 2.05) is 36.1 Å². The quantitative estimate of drug-likeness (QED) is 0.210. The summed E-state index contributed by atoms with van der Waals surface area (Å²) in [6.07, 6.45) is 8.30. The molecule has 0 radical (unpaired) electrons. The smallest absolute Gasteiger partial charge is 0.327 e. The van der Waals surface area contributed by atoms with Crippen molar-refractivity contribution in [1.29, 1.82) is 0 Å². The van der Waals surface area contributed by atoms with Crippen molar-refractivity contribution in [2.45, 2.75) is 58.8 Å². The number of azo groups is 1. The van der Waals surface area contributed by atoms with Crippen LogP contribution < -0.4 is 4.90 Å². The molecule has 0 atom stereocenters. The first-order valence-electron chi connectivity index (χ1n) is 10.5. The van der Waals surface area contributed by atoms with Crippen LogP contribution in [-0.2, 0) is 11.0 Å². The molecule has 2 aromatic rings. The Kier molecular flexibility index (Phi) is 10.6. The summed E-state index contributed by atoms with van der Waals surface area (Å²) >= 11 is 1.48. The van der Waals surface area contributed by atoms with E-state index in [0.29, 0.717) is 23.9 Å². The van der Waals surface area contributed by atoms with Gasteiger partial charge in [0.05, 0.1) is 11.8 Å². The largest absolute Gasteiger partial charge is 0.371 e. The van der Waals surface area contributed by atoms with Crippen molar-refractivity contribution in [2.24, 2.45) is 10.2 Å². The van der Waals surface area contributed by atoms with Crippen molar-refractivity contribution in [3.8, 4) is 0 Å². The van der Waals surface area contributed by atoms with Gasteiger partial charge < -0.3 is 14.7 Å². The first-order valence-corrected chi connectivity index (χ1v) is 13.2. The molecule has 30 heavy (non-hydrogen) atoms. The lowest BCUT2D eigenvalue weighted by Gasteiger charge is -2.23. The zero-order valence-electron chi connectivity index (χ0n) is 17.8. The van der Waals surface area contributed by atoms with Gasteiger partial charge in [-0.05, 0) is 37.6 Å². The Morgan fingerprint density at radius 2 is 1.70 bits per heavy atom. The van der Waals surface area contributed by atoms with Crippen LogP contribution in [0.15, 0.2) is 34.5 Å². The van der Waals surface area contributed by atoms with Gasteiger partial charge in [-0.1, -0.05) is 50.4 Å². The fourth-order valence-corrected chi connectivity index (χ4v) is 4.20. The van der Waals surface area contributed by atoms with E-state index in [-0.39, 0.29) is 6.16 Å². The van der Waals surface area contributed by atoms with E-state index >= 15 is 0 Å². The Morgan fingerprint density at radius 3 is 2.37 bits per heavy atom. The van der Waals surface area contributed by atoms with E-state index in [9.17, 15) is 4.57 Å². The average molecular weight is 454 g/mol. The third kappa shape index (κ3) is 9.43. The van der Waals surface area contributed by atoms with E-state index in [0.717, 1.165) is 23.5 Å². The van der Waals surface area contributed by atoms with Crippen LogP contribution in [0.2, 0.25) is 0 Å². The summed E-state index contributed by atoms with van der Waals surface area (Å²) in [4.78, 5) is 20.1. The molecule has 1 aromatic heterocycles. The van der Waals surface area contributed by atoms with Gasteiger partial charge in [0.1, 0.15) is 5.01 Å². The van der Waals surface area contributed by atoms with Crippen LogP contribution in [-0.4, -0.2) is 39.2 Å². The lowest BCUT2D eigenvalue weighted by atomic mass is 10.1. The summed E-state index contributed by atoms with van der Waals surface area (Å²) in [5, 5.41) is 18.2. The van der Waals surface area contributed by atoms with Crippen LogP contribution >= 0.6 is 18.9 Å². The van der Waals surface area contributed by atoms with Crippen LogP contribution in [0.4, 0.5) is 16.5 Å². The maximum absolute atomic E-state index is 11.1. The standard InChI is InChI=1S/C20H32N5O3PS/c1-3-5-6-7-8-9-10-19-22-24-20(30-19)23-21-17-11-13-18(14-12-17)25(4-2)15-16-29(26,27)28/h11-14H,3-10,15-16H2,1-2H3,(H2,26,27,28)/b23-21+. The van der Waals surface area contributed by atoms with Gasteiger partial charge in [-0.15, -0.1) is 20.4 Å². The lowest BCUT2D eigenvalue weighted by Crippen LogP contribution is -2.26. The summed E-state index contributed by atoms with van der Waals surface area (Å²) in [6.45, 7) is 5.13. The summed E-state index contributed by atoms with van der Waals surface area (Å²) in [7, 11) is -4.01. The number of rotatable bonds is 14. The fraction of sp³-hybridized carbons (Fsp3) is 0.600. The first-order chi connectivity index (χ1) is 14.4. The molecular formula is C20H32N5O3PS. The molecule has 0 fully saturated rings. The highest BCUT2D eigenvalue weighted by Crippen LogP contribution is 2.34. The number of unbranched alkanes of at least 4 members (excludes halogenated alkanes) is 5. The Labute approximate surface area is 182 Å². The molecule has 1 aromatic carbocycles.